The maximum absolute atomic E-state index is 12.0. The molecule has 1 N–H and O–H groups in total. The first-order chi connectivity index (χ1) is 7.99. The number of nitrogens with one attached hydrogen (secondary N) is 1. The van der Waals surface area contributed by atoms with E-state index in [2.05, 4.69) is 31.0 Å². The van der Waals surface area contributed by atoms with Crippen LogP contribution in [0.3, 0.4) is 0 Å². The van der Waals surface area contributed by atoms with Gasteiger partial charge in [-0.15, -0.1) is 0 Å². The highest BCUT2D eigenvalue weighted by Gasteiger charge is 2.36. The zero-order valence-corrected chi connectivity index (χ0v) is 11.4. The molecule has 2 aliphatic heterocycles. The van der Waals surface area contributed by atoms with Gasteiger partial charge in [0.25, 0.3) is 0 Å². The fourth-order valence-corrected chi connectivity index (χ4v) is 2.97. The van der Waals surface area contributed by atoms with E-state index in [0.29, 0.717) is 12.0 Å². The Bertz CT molecular complexity index is 292. The van der Waals surface area contributed by atoms with Crippen LogP contribution in [0.2, 0.25) is 0 Å². The summed E-state index contributed by atoms with van der Waals surface area (Å²) in [5, 5.41) is 3.29. The van der Waals surface area contributed by atoms with Gasteiger partial charge in [-0.3, -0.25) is 10.1 Å². The molecule has 3 atom stereocenters. The molecule has 2 heterocycles. The van der Waals surface area contributed by atoms with E-state index in [1.807, 2.05) is 11.8 Å². The number of carbonyl (C=O) groups excluding carboxylic acids is 1. The Hall–Kier alpha value is -0.610. The monoisotopic (exact) mass is 239 g/mol. The molecule has 3 unspecified atom stereocenters. The van der Waals surface area contributed by atoms with Crippen molar-refractivity contribution in [2.24, 2.45) is 5.92 Å². The Morgan fingerprint density at radius 1 is 1.41 bits per heavy atom. The Morgan fingerprint density at radius 3 is 2.59 bits per heavy atom. The van der Waals surface area contributed by atoms with Gasteiger partial charge in [-0.1, -0.05) is 0 Å². The van der Waals surface area contributed by atoms with E-state index in [4.69, 9.17) is 0 Å². The highest BCUT2D eigenvalue weighted by atomic mass is 16.2. The molecule has 0 aromatic heterocycles. The normalized spacial score (nSPS) is 35.2. The molecule has 0 spiro atoms. The van der Waals surface area contributed by atoms with E-state index in [0.717, 1.165) is 13.1 Å². The van der Waals surface area contributed by atoms with Crippen molar-refractivity contribution in [2.75, 3.05) is 19.6 Å². The summed E-state index contributed by atoms with van der Waals surface area (Å²) in [4.78, 5) is 16.5. The van der Waals surface area contributed by atoms with Gasteiger partial charge in [-0.05, 0) is 46.6 Å². The second-order valence-electron chi connectivity index (χ2n) is 5.80. The predicted octanol–water partition coefficient (Wildman–Crippen LogP) is 0.883. The molecule has 0 bridgehead atoms. The summed E-state index contributed by atoms with van der Waals surface area (Å²) in [6, 6.07) is 0.622. The summed E-state index contributed by atoms with van der Waals surface area (Å²) < 4.78 is 0. The van der Waals surface area contributed by atoms with Gasteiger partial charge < -0.3 is 9.80 Å². The van der Waals surface area contributed by atoms with E-state index in [1.165, 1.54) is 13.0 Å². The lowest BCUT2D eigenvalue weighted by atomic mass is 10.1. The van der Waals surface area contributed by atoms with Crippen LogP contribution in [-0.2, 0) is 4.79 Å². The number of amides is 1. The Balaban J connectivity index is 1.88. The molecule has 1 amide bonds. The summed E-state index contributed by atoms with van der Waals surface area (Å²) >= 11 is 0. The molecule has 0 aromatic carbocycles. The van der Waals surface area contributed by atoms with Crippen molar-refractivity contribution in [3.05, 3.63) is 0 Å². The van der Waals surface area contributed by atoms with Crippen molar-refractivity contribution in [3.63, 3.8) is 0 Å². The molecule has 0 saturated carbocycles. The number of likely N-dealkylation sites (tertiary alicyclic amines) is 1. The van der Waals surface area contributed by atoms with Crippen LogP contribution in [0, 0.1) is 5.92 Å². The minimum atomic E-state index is -0.00685. The smallest absolute Gasteiger partial charge is 0.240 e. The lowest BCUT2D eigenvalue weighted by molar-refractivity contribution is -0.130. The summed E-state index contributed by atoms with van der Waals surface area (Å²) in [6.07, 6.45) is 1.42. The molecule has 2 saturated heterocycles. The van der Waals surface area contributed by atoms with Gasteiger partial charge in [-0.25, -0.2) is 0 Å². The molecular formula is C13H25N3O. The van der Waals surface area contributed by atoms with Crippen molar-refractivity contribution in [3.8, 4) is 0 Å². The fraction of sp³-hybridized carbons (Fsp3) is 0.923. The number of carbonyl (C=O) groups is 1. The van der Waals surface area contributed by atoms with Crippen LogP contribution in [0.5, 0.6) is 0 Å². The van der Waals surface area contributed by atoms with E-state index in [1.54, 1.807) is 0 Å². The predicted molar refractivity (Wildman–Crippen MR) is 68.6 cm³/mol. The second-order valence-corrected chi connectivity index (χ2v) is 5.80. The molecule has 2 aliphatic rings. The third-order valence-corrected chi connectivity index (χ3v) is 4.11. The van der Waals surface area contributed by atoms with Gasteiger partial charge in [0.1, 0.15) is 0 Å². The first-order valence-electron chi connectivity index (χ1n) is 6.79. The summed E-state index contributed by atoms with van der Waals surface area (Å²) in [7, 11) is 0. The molecule has 17 heavy (non-hydrogen) atoms. The van der Waals surface area contributed by atoms with Crippen molar-refractivity contribution in [1.82, 2.24) is 15.1 Å². The van der Waals surface area contributed by atoms with Gasteiger partial charge >= 0.3 is 0 Å². The number of hydrogen-bond acceptors (Lipinski definition) is 3. The van der Waals surface area contributed by atoms with E-state index < -0.39 is 0 Å². The van der Waals surface area contributed by atoms with Crippen LogP contribution in [0.25, 0.3) is 0 Å². The number of rotatable bonds is 3. The van der Waals surface area contributed by atoms with Gasteiger partial charge in [0, 0.05) is 19.1 Å². The van der Waals surface area contributed by atoms with Crippen molar-refractivity contribution in [1.29, 1.82) is 0 Å². The average molecular weight is 239 g/mol. The van der Waals surface area contributed by atoms with Gasteiger partial charge in [0.05, 0.1) is 12.2 Å². The zero-order chi connectivity index (χ0) is 12.6. The quantitative estimate of drug-likeness (QED) is 0.794. The minimum absolute atomic E-state index is 0.00685. The first-order valence-corrected chi connectivity index (χ1v) is 6.79. The molecule has 98 valence electrons. The maximum Gasteiger partial charge on any atom is 0.240 e. The van der Waals surface area contributed by atoms with Crippen LogP contribution >= 0.6 is 0 Å². The summed E-state index contributed by atoms with van der Waals surface area (Å²) in [6.45, 7) is 11.8. The van der Waals surface area contributed by atoms with E-state index in [-0.39, 0.29) is 18.1 Å². The Morgan fingerprint density at radius 2 is 2.12 bits per heavy atom. The Kier molecular flexibility index (Phi) is 3.73. The molecule has 0 aliphatic carbocycles. The van der Waals surface area contributed by atoms with E-state index >= 15 is 0 Å². The van der Waals surface area contributed by atoms with Crippen molar-refractivity contribution >= 4 is 5.91 Å². The third kappa shape index (κ3) is 2.63. The topological polar surface area (TPSA) is 35.6 Å². The Labute approximate surface area is 104 Å². The molecule has 0 radical (unpaired) electrons. The molecule has 4 nitrogen and oxygen atoms in total. The summed E-state index contributed by atoms with van der Waals surface area (Å²) in [5.41, 5.74) is 0. The van der Waals surface area contributed by atoms with Gasteiger partial charge in [-0.2, -0.15) is 0 Å². The van der Waals surface area contributed by atoms with Crippen molar-refractivity contribution < 1.29 is 4.79 Å². The zero-order valence-electron chi connectivity index (χ0n) is 11.4. The largest absolute Gasteiger partial charge is 0.326 e. The van der Waals surface area contributed by atoms with E-state index in [9.17, 15) is 4.79 Å². The van der Waals surface area contributed by atoms with Crippen LogP contribution in [0.4, 0.5) is 0 Å². The first kappa shape index (κ1) is 12.8. The maximum atomic E-state index is 12.0. The van der Waals surface area contributed by atoms with Gasteiger partial charge in [0.2, 0.25) is 5.91 Å². The number of hydrogen-bond donors (Lipinski definition) is 1. The lowest BCUT2D eigenvalue weighted by Crippen LogP contribution is -2.39. The van der Waals surface area contributed by atoms with Crippen molar-refractivity contribution in [2.45, 2.75) is 52.4 Å². The summed E-state index contributed by atoms with van der Waals surface area (Å²) in [5.74, 6) is 0.913. The van der Waals surface area contributed by atoms with Crippen LogP contribution in [0.1, 0.15) is 34.1 Å². The number of nitrogens with zero attached hydrogens (tertiary/aromatic N) is 2. The van der Waals surface area contributed by atoms with Crippen LogP contribution < -0.4 is 5.32 Å². The highest BCUT2D eigenvalue weighted by molar-refractivity contribution is 5.83. The molecule has 4 heteroatoms. The highest BCUT2D eigenvalue weighted by Crippen LogP contribution is 2.22. The SMILES string of the molecule is CC1NC(C)N(CC2CCN(C(C)C)C2)C1=O. The van der Waals surface area contributed by atoms with Gasteiger partial charge in [0.15, 0.2) is 0 Å². The third-order valence-electron chi connectivity index (χ3n) is 4.11. The van der Waals surface area contributed by atoms with Crippen LogP contribution in [0.15, 0.2) is 0 Å². The fourth-order valence-electron chi connectivity index (χ4n) is 2.97. The average Bonchev–Trinajstić information content (AvgIpc) is 2.80. The lowest BCUT2D eigenvalue weighted by Gasteiger charge is -2.25. The minimum Gasteiger partial charge on any atom is -0.326 e. The standard InChI is InChI=1S/C13H25N3O/c1-9(2)15-6-5-12(7-15)8-16-11(4)14-10(3)13(16)17/h9-12,14H,5-8H2,1-4H3. The second kappa shape index (κ2) is 4.94. The van der Waals surface area contributed by atoms with Crippen LogP contribution in [-0.4, -0.2) is 53.6 Å². The molecular weight excluding hydrogens is 214 g/mol. The molecule has 2 fully saturated rings. The molecule has 2 rings (SSSR count). The molecule has 0 aromatic rings.